The highest BCUT2D eigenvalue weighted by atomic mass is 19.4. The fraction of sp³-hybridized carbons (Fsp3) is 0.389. The third-order valence-electron chi connectivity index (χ3n) is 4.42. The van der Waals surface area contributed by atoms with E-state index in [0.29, 0.717) is 38.1 Å². The summed E-state index contributed by atoms with van der Waals surface area (Å²) in [5, 5.41) is 4.91. The van der Waals surface area contributed by atoms with E-state index in [0.717, 1.165) is 6.07 Å². The standard InChI is InChI=1S/C18H19F4N5O2/c1-10-7-14(13(19)8-11(10)16(28)27-3-5-29-6-4-27)25-17-24-9-12(18(20,21)22)15(23-2)26-17/h7-9H,3-6H2,1-2H3,(H2,23,24,25,26). The summed E-state index contributed by atoms with van der Waals surface area (Å²) < 4.78 is 58.6. The van der Waals surface area contributed by atoms with Crippen molar-refractivity contribution in [1.29, 1.82) is 0 Å². The van der Waals surface area contributed by atoms with E-state index >= 15 is 0 Å². The molecule has 2 aromatic rings. The number of anilines is 3. The Morgan fingerprint density at radius 1 is 1.24 bits per heavy atom. The molecule has 1 saturated heterocycles. The van der Waals surface area contributed by atoms with Gasteiger partial charge < -0.3 is 20.3 Å². The van der Waals surface area contributed by atoms with Crippen LogP contribution in [0, 0.1) is 12.7 Å². The van der Waals surface area contributed by atoms with Crippen molar-refractivity contribution < 1.29 is 27.1 Å². The summed E-state index contributed by atoms with van der Waals surface area (Å²) in [6.07, 6.45) is -4.01. The van der Waals surface area contributed by atoms with Gasteiger partial charge in [-0.2, -0.15) is 18.2 Å². The van der Waals surface area contributed by atoms with Crippen molar-refractivity contribution in [2.45, 2.75) is 13.1 Å². The Kier molecular flexibility index (Phi) is 5.87. The van der Waals surface area contributed by atoms with Gasteiger partial charge >= 0.3 is 6.18 Å². The van der Waals surface area contributed by atoms with Gasteiger partial charge in [0.1, 0.15) is 17.2 Å². The largest absolute Gasteiger partial charge is 0.421 e. The van der Waals surface area contributed by atoms with Crippen LogP contribution in [-0.2, 0) is 10.9 Å². The second kappa shape index (κ2) is 8.19. The number of halogens is 4. The molecule has 29 heavy (non-hydrogen) atoms. The number of amides is 1. The molecule has 1 aliphatic rings. The molecule has 3 rings (SSSR count). The van der Waals surface area contributed by atoms with Crippen LogP contribution in [-0.4, -0.2) is 54.1 Å². The minimum absolute atomic E-state index is 0.0529. The molecule has 1 aromatic carbocycles. The Balaban J connectivity index is 1.85. The molecule has 0 aliphatic carbocycles. The molecule has 0 spiro atoms. The van der Waals surface area contributed by atoms with E-state index in [1.807, 2.05) is 0 Å². The fourth-order valence-corrected chi connectivity index (χ4v) is 2.91. The minimum Gasteiger partial charge on any atom is -0.378 e. The van der Waals surface area contributed by atoms with Gasteiger partial charge in [-0.25, -0.2) is 9.37 Å². The summed E-state index contributed by atoms with van der Waals surface area (Å²) >= 11 is 0. The number of hydrogen-bond acceptors (Lipinski definition) is 6. The SMILES string of the molecule is CNc1nc(Nc2cc(C)c(C(=O)N3CCOCC3)cc2F)ncc1C(F)(F)F. The molecule has 0 bridgehead atoms. The van der Waals surface area contributed by atoms with Gasteiger partial charge in [0.15, 0.2) is 0 Å². The highest BCUT2D eigenvalue weighted by Crippen LogP contribution is 2.34. The van der Waals surface area contributed by atoms with Gasteiger partial charge in [-0.3, -0.25) is 4.79 Å². The summed E-state index contributed by atoms with van der Waals surface area (Å²) in [6.45, 7) is 3.33. The molecule has 1 fully saturated rings. The van der Waals surface area contributed by atoms with Crippen LogP contribution in [0.1, 0.15) is 21.5 Å². The zero-order valence-corrected chi connectivity index (χ0v) is 15.7. The molecular formula is C18H19F4N5O2. The first-order chi connectivity index (χ1) is 13.7. The van der Waals surface area contributed by atoms with Gasteiger partial charge in [-0.05, 0) is 24.6 Å². The zero-order valence-electron chi connectivity index (χ0n) is 15.7. The predicted octanol–water partition coefficient (Wildman–Crippen LogP) is 3.20. The Hall–Kier alpha value is -2.95. The third-order valence-corrected chi connectivity index (χ3v) is 4.42. The normalized spacial score (nSPS) is 14.6. The van der Waals surface area contributed by atoms with Crippen LogP contribution in [0.5, 0.6) is 0 Å². The molecular weight excluding hydrogens is 394 g/mol. The number of aromatic nitrogens is 2. The van der Waals surface area contributed by atoms with Crippen molar-refractivity contribution in [3.8, 4) is 0 Å². The number of morpholine rings is 1. The molecule has 11 heteroatoms. The monoisotopic (exact) mass is 413 g/mol. The lowest BCUT2D eigenvalue weighted by Gasteiger charge is -2.27. The Morgan fingerprint density at radius 2 is 1.93 bits per heavy atom. The number of carbonyl (C=O) groups excluding carboxylic acids is 1. The summed E-state index contributed by atoms with van der Waals surface area (Å²) in [5.74, 6) is -1.71. The lowest BCUT2D eigenvalue weighted by Crippen LogP contribution is -2.41. The second-order valence-electron chi connectivity index (χ2n) is 6.38. The first-order valence-corrected chi connectivity index (χ1v) is 8.77. The van der Waals surface area contributed by atoms with Crippen LogP contribution < -0.4 is 10.6 Å². The molecule has 1 aliphatic heterocycles. The van der Waals surface area contributed by atoms with Gasteiger partial charge in [-0.1, -0.05) is 0 Å². The van der Waals surface area contributed by atoms with Gasteiger partial charge in [0.2, 0.25) is 5.95 Å². The summed E-state index contributed by atoms with van der Waals surface area (Å²) in [4.78, 5) is 21.5. The van der Waals surface area contributed by atoms with Crippen molar-refractivity contribution in [2.24, 2.45) is 0 Å². The number of rotatable bonds is 4. The summed E-state index contributed by atoms with van der Waals surface area (Å²) in [7, 11) is 1.29. The van der Waals surface area contributed by atoms with Gasteiger partial charge in [0.05, 0.1) is 18.9 Å². The fourth-order valence-electron chi connectivity index (χ4n) is 2.91. The van der Waals surface area contributed by atoms with E-state index < -0.39 is 23.4 Å². The molecule has 2 N–H and O–H groups in total. The van der Waals surface area contributed by atoms with Gasteiger partial charge in [0.25, 0.3) is 5.91 Å². The van der Waals surface area contributed by atoms with Crippen molar-refractivity contribution in [2.75, 3.05) is 44.0 Å². The molecule has 0 unspecified atom stereocenters. The number of carbonyl (C=O) groups is 1. The highest BCUT2D eigenvalue weighted by molar-refractivity contribution is 5.96. The maximum absolute atomic E-state index is 14.6. The van der Waals surface area contributed by atoms with Gasteiger partial charge in [-0.15, -0.1) is 0 Å². The van der Waals surface area contributed by atoms with E-state index in [1.165, 1.54) is 13.1 Å². The quantitative estimate of drug-likeness (QED) is 0.750. The van der Waals surface area contributed by atoms with E-state index in [4.69, 9.17) is 4.74 Å². The second-order valence-corrected chi connectivity index (χ2v) is 6.38. The maximum Gasteiger partial charge on any atom is 0.421 e. The predicted molar refractivity (Wildman–Crippen MR) is 97.7 cm³/mol. The van der Waals surface area contributed by atoms with E-state index in [9.17, 15) is 22.4 Å². The first-order valence-electron chi connectivity index (χ1n) is 8.77. The zero-order chi connectivity index (χ0) is 21.2. The number of aryl methyl sites for hydroxylation is 1. The number of hydrogen-bond donors (Lipinski definition) is 2. The molecule has 0 atom stereocenters. The Labute approximate surface area is 164 Å². The lowest BCUT2D eigenvalue weighted by atomic mass is 10.1. The van der Waals surface area contributed by atoms with Crippen LogP contribution >= 0.6 is 0 Å². The topological polar surface area (TPSA) is 79.4 Å². The Bertz CT molecular complexity index is 914. The average Bonchev–Trinajstić information content (AvgIpc) is 2.69. The van der Waals surface area contributed by atoms with Crippen LogP contribution in [0.15, 0.2) is 18.3 Å². The summed E-state index contributed by atoms with van der Waals surface area (Å²) in [6, 6.07) is 2.49. The van der Waals surface area contributed by atoms with Crippen molar-refractivity contribution >= 4 is 23.4 Å². The van der Waals surface area contributed by atoms with Crippen LogP contribution in [0.3, 0.4) is 0 Å². The highest BCUT2D eigenvalue weighted by Gasteiger charge is 2.35. The van der Waals surface area contributed by atoms with Crippen molar-refractivity contribution in [3.05, 3.63) is 40.8 Å². The van der Waals surface area contributed by atoms with Crippen molar-refractivity contribution in [1.82, 2.24) is 14.9 Å². The number of ether oxygens (including phenoxy) is 1. The minimum atomic E-state index is -4.62. The lowest BCUT2D eigenvalue weighted by molar-refractivity contribution is -0.137. The number of benzene rings is 1. The molecule has 1 aromatic heterocycles. The first kappa shape index (κ1) is 20.8. The van der Waals surface area contributed by atoms with Crippen LogP contribution in [0.25, 0.3) is 0 Å². The molecule has 156 valence electrons. The number of alkyl halides is 3. The maximum atomic E-state index is 14.6. The molecule has 1 amide bonds. The number of nitrogens with zero attached hydrogens (tertiary/aromatic N) is 3. The van der Waals surface area contributed by atoms with E-state index in [1.54, 1.807) is 11.8 Å². The number of nitrogens with one attached hydrogen (secondary N) is 2. The molecule has 2 heterocycles. The molecule has 0 radical (unpaired) electrons. The van der Waals surface area contributed by atoms with Crippen molar-refractivity contribution in [3.63, 3.8) is 0 Å². The van der Waals surface area contributed by atoms with E-state index in [2.05, 4.69) is 20.6 Å². The average molecular weight is 413 g/mol. The summed E-state index contributed by atoms with van der Waals surface area (Å²) in [5.41, 5.74) is -0.373. The van der Waals surface area contributed by atoms with Crippen LogP contribution in [0.2, 0.25) is 0 Å². The van der Waals surface area contributed by atoms with Crippen LogP contribution in [0.4, 0.5) is 35.0 Å². The van der Waals surface area contributed by atoms with E-state index in [-0.39, 0.29) is 23.1 Å². The molecule has 0 saturated carbocycles. The smallest absolute Gasteiger partial charge is 0.378 e. The molecule has 7 nitrogen and oxygen atoms in total. The third kappa shape index (κ3) is 4.56. The van der Waals surface area contributed by atoms with Gasteiger partial charge in [0, 0.05) is 31.9 Å². The Morgan fingerprint density at radius 3 is 2.55 bits per heavy atom.